The molecule has 0 aliphatic heterocycles. The first kappa shape index (κ1) is 10.2. The third-order valence-corrected chi connectivity index (χ3v) is 1.40. The Morgan fingerprint density at radius 1 is 1.09 bits per heavy atom. The Morgan fingerprint density at radius 2 is 1.64 bits per heavy atom. The molecule has 0 amide bonds. The van der Waals surface area contributed by atoms with Crippen molar-refractivity contribution in [2.45, 2.75) is 20.3 Å². The molecule has 0 heterocycles. The van der Waals surface area contributed by atoms with Crippen molar-refractivity contribution in [3.8, 4) is 0 Å². The average molecular weight is 150 g/mol. The van der Waals surface area contributed by atoms with E-state index in [4.69, 9.17) is 0 Å². The van der Waals surface area contributed by atoms with E-state index in [1.54, 1.807) is 0 Å². The van der Waals surface area contributed by atoms with Crippen LogP contribution in [-0.2, 0) is 6.42 Å². The molecule has 61 valence electrons. The van der Waals surface area contributed by atoms with Crippen molar-refractivity contribution in [1.82, 2.24) is 6.15 Å². The Kier molecular flexibility index (Phi) is 4.55. The maximum absolute atomic E-state index is 2.16. The molecule has 1 nitrogen and oxygen atoms in total. The molecule has 0 saturated carbocycles. The lowest BCUT2D eigenvalue weighted by atomic mass is 10.0. The molecular weight excluding hydrogens is 134 g/mol. The topological polar surface area (TPSA) is 35.0 Å². The smallest absolute Gasteiger partial charge is 0.0222 e. The second-order valence-electron chi connectivity index (χ2n) is 2.87. The second-order valence-corrected chi connectivity index (χ2v) is 2.87. The highest BCUT2D eigenvalue weighted by Crippen LogP contribution is 2.07. The number of benzene rings is 1. The zero-order chi connectivity index (χ0) is 7.40. The van der Waals surface area contributed by atoms with E-state index in [0.29, 0.717) is 0 Å². The summed E-state index contributed by atoms with van der Waals surface area (Å²) >= 11 is 0. The van der Waals surface area contributed by atoms with Crippen LogP contribution in [-0.4, -0.2) is 0 Å². The third-order valence-electron chi connectivity index (χ3n) is 1.40. The van der Waals surface area contributed by atoms with Crippen molar-refractivity contribution in [2.24, 2.45) is 0 Å². The molecule has 0 aliphatic carbocycles. The van der Waals surface area contributed by atoms with Gasteiger partial charge in [-0.2, -0.15) is 0 Å². The van der Waals surface area contributed by atoms with Gasteiger partial charge in [-0.1, -0.05) is 44.2 Å². The summed E-state index contributed by atoms with van der Waals surface area (Å²) in [5, 5.41) is 0. The van der Waals surface area contributed by atoms with Crippen LogP contribution in [0.4, 0.5) is 0 Å². The molecule has 1 aromatic carbocycles. The number of hydrogen-bond acceptors (Lipinski definition) is 1. The molecular formula is C10H16N. The van der Waals surface area contributed by atoms with Crippen LogP contribution >= 0.6 is 0 Å². The molecule has 0 aliphatic rings. The highest BCUT2D eigenvalue weighted by atomic mass is 14.0. The Morgan fingerprint density at radius 3 is 2.09 bits per heavy atom. The van der Waals surface area contributed by atoms with Crippen LogP contribution in [0, 0.1) is 5.92 Å². The molecule has 1 aromatic rings. The first-order valence-electron chi connectivity index (χ1n) is 3.62. The van der Waals surface area contributed by atoms with Gasteiger partial charge in [-0.25, -0.2) is 0 Å². The van der Waals surface area contributed by atoms with Gasteiger partial charge in [0.1, 0.15) is 0 Å². The molecule has 0 aromatic heterocycles. The summed E-state index contributed by atoms with van der Waals surface area (Å²) in [6.07, 6.45) is 1.11. The Labute approximate surface area is 69.0 Å². The van der Waals surface area contributed by atoms with E-state index < -0.39 is 0 Å². The predicted molar refractivity (Wildman–Crippen MR) is 49.8 cm³/mol. The SMILES string of the molecule is C[C](C)Cc1ccccc1.N. The van der Waals surface area contributed by atoms with Gasteiger partial charge in [0, 0.05) is 0 Å². The second kappa shape index (κ2) is 4.91. The summed E-state index contributed by atoms with van der Waals surface area (Å²) in [6, 6.07) is 10.5. The van der Waals surface area contributed by atoms with Gasteiger partial charge < -0.3 is 6.15 Å². The van der Waals surface area contributed by atoms with E-state index in [1.165, 1.54) is 11.5 Å². The van der Waals surface area contributed by atoms with E-state index in [-0.39, 0.29) is 6.15 Å². The summed E-state index contributed by atoms with van der Waals surface area (Å²) in [5.74, 6) is 1.46. The highest BCUT2D eigenvalue weighted by molar-refractivity contribution is 5.17. The van der Waals surface area contributed by atoms with Crippen LogP contribution in [0.15, 0.2) is 30.3 Å². The van der Waals surface area contributed by atoms with Gasteiger partial charge in [-0.3, -0.25) is 0 Å². The van der Waals surface area contributed by atoms with Gasteiger partial charge in [0.15, 0.2) is 0 Å². The van der Waals surface area contributed by atoms with Crippen LogP contribution < -0.4 is 6.15 Å². The molecule has 11 heavy (non-hydrogen) atoms. The monoisotopic (exact) mass is 150 g/mol. The standard InChI is InChI=1S/C10H13.H3N/c1-9(2)8-10-6-4-3-5-7-10;/h3-7H,8H2,1-2H3;1H3. The van der Waals surface area contributed by atoms with E-state index in [1.807, 2.05) is 0 Å². The van der Waals surface area contributed by atoms with Crippen molar-refractivity contribution >= 4 is 0 Å². The summed E-state index contributed by atoms with van der Waals surface area (Å²) in [6.45, 7) is 4.32. The first-order valence-corrected chi connectivity index (χ1v) is 3.62. The average Bonchev–Trinajstić information content (AvgIpc) is 1.88. The molecule has 0 bridgehead atoms. The molecule has 1 rings (SSSR count). The van der Waals surface area contributed by atoms with E-state index in [0.717, 1.165) is 6.42 Å². The Hall–Kier alpha value is -0.820. The van der Waals surface area contributed by atoms with Gasteiger partial charge in [0.25, 0.3) is 0 Å². The maximum atomic E-state index is 2.16. The molecule has 0 unspecified atom stereocenters. The molecule has 0 saturated heterocycles. The molecule has 1 heteroatoms. The van der Waals surface area contributed by atoms with Crippen LogP contribution in [0.3, 0.4) is 0 Å². The number of hydrogen-bond donors (Lipinski definition) is 1. The Balaban J connectivity index is 0.000001000. The molecule has 0 spiro atoms. The van der Waals surface area contributed by atoms with Gasteiger partial charge in [-0.15, -0.1) is 0 Å². The van der Waals surface area contributed by atoms with Crippen LogP contribution in [0.5, 0.6) is 0 Å². The third kappa shape index (κ3) is 3.79. The van der Waals surface area contributed by atoms with Crippen molar-refractivity contribution in [2.75, 3.05) is 0 Å². The van der Waals surface area contributed by atoms with Gasteiger partial charge >= 0.3 is 0 Å². The van der Waals surface area contributed by atoms with Crippen LogP contribution in [0.25, 0.3) is 0 Å². The molecule has 1 radical (unpaired) electrons. The largest absolute Gasteiger partial charge is 0.344 e. The zero-order valence-electron chi connectivity index (χ0n) is 7.30. The molecule has 0 atom stereocenters. The fraction of sp³-hybridized carbons (Fsp3) is 0.300. The van der Waals surface area contributed by atoms with E-state index in [9.17, 15) is 0 Å². The molecule has 3 N–H and O–H groups in total. The summed E-state index contributed by atoms with van der Waals surface area (Å²) in [7, 11) is 0. The van der Waals surface area contributed by atoms with Gasteiger partial charge in [-0.05, 0) is 17.9 Å². The minimum Gasteiger partial charge on any atom is -0.344 e. The summed E-state index contributed by atoms with van der Waals surface area (Å²) < 4.78 is 0. The minimum atomic E-state index is 0. The van der Waals surface area contributed by atoms with Gasteiger partial charge in [0.05, 0.1) is 0 Å². The Bertz CT molecular complexity index is 179. The zero-order valence-corrected chi connectivity index (χ0v) is 7.30. The fourth-order valence-corrected chi connectivity index (χ4v) is 1.00. The van der Waals surface area contributed by atoms with Crippen LogP contribution in [0.1, 0.15) is 19.4 Å². The first-order chi connectivity index (χ1) is 4.79. The van der Waals surface area contributed by atoms with Gasteiger partial charge in [0.2, 0.25) is 0 Å². The van der Waals surface area contributed by atoms with Crippen molar-refractivity contribution in [3.63, 3.8) is 0 Å². The fourth-order valence-electron chi connectivity index (χ4n) is 1.00. The van der Waals surface area contributed by atoms with Crippen molar-refractivity contribution in [1.29, 1.82) is 0 Å². The van der Waals surface area contributed by atoms with Crippen molar-refractivity contribution < 1.29 is 0 Å². The summed E-state index contributed by atoms with van der Waals surface area (Å²) in [4.78, 5) is 0. The molecule has 0 fully saturated rings. The lowest BCUT2D eigenvalue weighted by Gasteiger charge is -2.02. The normalized spacial score (nSPS) is 9.36. The highest BCUT2D eigenvalue weighted by Gasteiger charge is 1.94. The van der Waals surface area contributed by atoms with E-state index >= 15 is 0 Å². The quantitative estimate of drug-likeness (QED) is 0.691. The lowest BCUT2D eigenvalue weighted by Crippen LogP contribution is -1.89. The van der Waals surface area contributed by atoms with Crippen molar-refractivity contribution in [3.05, 3.63) is 41.8 Å². The predicted octanol–water partition coefficient (Wildman–Crippen LogP) is 3.01. The minimum absolute atomic E-state index is 0. The van der Waals surface area contributed by atoms with Crippen LogP contribution in [0.2, 0.25) is 0 Å². The summed E-state index contributed by atoms with van der Waals surface area (Å²) in [5.41, 5.74) is 1.41. The lowest BCUT2D eigenvalue weighted by molar-refractivity contribution is 0.957. The number of rotatable bonds is 2. The van der Waals surface area contributed by atoms with E-state index in [2.05, 4.69) is 44.2 Å². The maximum Gasteiger partial charge on any atom is -0.0222 e.